The molecule has 0 saturated carbocycles. The average molecular weight is 386 g/mol. The van der Waals surface area contributed by atoms with Crippen molar-refractivity contribution in [2.24, 2.45) is 0 Å². The molecule has 3 aromatic carbocycles. The van der Waals surface area contributed by atoms with E-state index in [1.807, 2.05) is 72.8 Å². The molecule has 1 heterocycles. The molecule has 28 heavy (non-hydrogen) atoms. The lowest BCUT2D eigenvalue weighted by atomic mass is 10.1. The molecule has 4 rings (SSSR count). The minimum absolute atomic E-state index is 0.400. The molecule has 4 nitrogen and oxygen atoms in total. The second-order valence-electron chi connectivity index (χ2n) is 6.22. The summed E-state index contributed by atoms with van der Waals surface area (Å²) < 4.78 is 5.80. The number of rotatable bonds is 5. The fraction of sp³-hybridized carbons (Fsp3) is 0.0435. The first-order valence-electron chi connectivity index (χ1n) is 8.76. The highest BCUT2D eigenvalue weighted by Gasteiger charge is 2.08. The number of nitrogens with one attached hydrogen (secondary N) is 1. The van der Waals surface area contributed by atoms with Gasteiger partial charge in [-0.15, -0.1) is 0 Å². The van der Waals surface area contributed by atoms with Gasteiger partial charge < -0.3 is 9.72 Å². The highest BCUT2D eigenvalue weighted by Crippen LogP contribution is 2.22. The number of ether oxygens (including phenoxy) is 1. The summed E-state index contributed by atoms with van der Waals surface area (Å²) in [7, 11) is 0. The van der Waals surface area contributed by atoms with Gasteiger partial charge in [0.15, 0.2) is 0 Å². The molecule has 136 valence electrons. The molecule has 0 saturated heterocycles. The van der Waals surface area contributed by atoms with Crippen LogP contribution >= 0.6 is 11.6 Å². The Bertz CT molecular complexity index is 1150. The van der Waals surface area contributed by atoms with Crippen molar-refractivity contribution in [2.75, 3.05) is 0 Å². The first kappa shape index (κ1) is 17.8. The first-order chi connectivity index (χ1) is 13.7. The lowest BCUT2D eigenvalue weighted by molar-refractivity contribution is 0.306. The third kappa shape index (κ3) is 3.90. The number of H-pyrrole nitrogens is 1. The monoisotopic (exact) mass is 385 g/mol. The van der Waals surface area contributed by atoms with E-state index in [9.17, 15) is 5.26 Å². The van der Waals surface area contributed by atoms with Gasteiger partial charge in [0.1, 0.15) is 24.3 Å². The van der Waals surface area contributed by atoms with Crippen LogP contribution in [0.2, 0.25) is 5.02 Å². The number of imidazole rings is 1. The summed E-state index contributed by atoms with van der Waals surface area (Å²) >= 11 is 6.15. The first-order valence-corrected chi connectivity index (χ1v) is 9.14. The van der Waals surface area contributed by atoms with Gasteiger partial charge in [-0.25, -0.2) is 4.98 Å². The number of aromatic nitrogens is 2. The average Bonchev–Trinajstić information content (AvgIpc) is 3.16. The van der Waals surface area contributed by atoms with E-state index in [2.05, 4.69) is 16.0 Å². The fourth-order valence-electron chi connectivity index (χ4n) is 2.84. The maximum Gasteiger partial charge on any atom is 0.149 e. The predicted molar refractivity (Wildman–Crippen MR) is 112 cm³/mol. The highest BCUT2D eigenvalue weighted by atomic mass is 35.5. The fourth-order valence-corrected chi connectivity index (χ4v) is 3.03. The number of para-hydroxylation sites is 2. The summed E-state index contributed by atoms with van der Waals surface area (Å²) in [6.45, 7) is 0.400. The molecule has 0 aliphatic carbocycles. The molecule has 1 aromatic heterocycles. The highest BCUT2D eigenvalue weighted by molar-refractivity contribution is 6.31. The third-order valence-corrected chi connectivity index (χ3v) is 4.68. The Hall–Kier alpha value is -3.55. The van der Waals surface area contributed by atoms with Crippen molar-refractivity contribution in [2.45, 2.75) is 6.61 Å². The lowest BCUT2D eigenvalue weighted by Crippen LogP contribution is -1.96. The number of nitriles is 1. The van der Waals surface area contributed by atoms with E-state index in [1.165, 1.54) is 0 Å². The van der Waals surface area contributed by atoms with Crippen molar-refractivity contribution >= 4 is 34.3 Å². The SMILES string of the molecule is N#CC(=Cc1ccc(OCc2ccccc2Cl)cc1)c1nc2ccccc2[nH]1. The summed E-state index contributed by atoms with van der Waals surface area (Å²) in [5, 5.41) is 10.2. The van der Waals surface area contributed by atoms with E-state index in [0.717, 1.165) is 27.9 Å². The number of allylic oxidation sites excluding steroid dienone is 1. The number of fused-ring (bicyclic) bond motifs is 1. The number of benzene rings is 3. The normalized spacial score (nSPS) is 11.4. The van der Waals surface area contributed by atoms with E-state index < -0.39 is 0 Å². The van der Waals surface area contributed by atoms with Crippen LogP contribution in [0.4, 0.5) is 0 Å². The molecule has 1 N–H and O–H groups in total. The summed E-state index contributed by atoms with van der Waals surface area (Å²) in [4.78, 5) is 7.67. The van der Waals surface area contributed by atoms with Gasteiger partial charge >= 0.3 is 0 Å². The Morgan fingerprint density at radius 2 is 1.79 bits per heavy atom. The van der Waals surface area contributed by atoms with Crippen LogP contribution in [-0.2, 0) is 6.61 Å². The van der Waals surface area contributed by atoms with Crippen LogP contribution in [0.3, 0.4) is 0 Å². The van der Waals surface area contributed by atoms with Crippen molar-refractivity contribution in [1.82, 2.24) is 9.97 Å². The van der Waals surface area contributed by atoms with Crippen LogP contribution in [0.5, 0.6) is 5.75 Å². The van der Waals surface area contributed by atoms with E-state index in [-0.39, 0.29) is 0 Å². The zero-order valence-electron chi connectivity index (χ0n) is 14.9. The van der Waals surface area contributed by atoms with Gasteiger partial charge in [-0.1, -0.05) is 54.1 Å². The van der Waals surface area contributed by atoms with Crippen LogP contribution in [0.1, 0.15) is 17.0 Å². The maximum absolute atomic E-state index is 9.54. The molecule has 0 spiro atoms. The Balaban J connectivity index is 1.51. The molecule has 0 unspecified atom stereocenters. The van der Waals surface area contributed by atoms with E-state index in [0.29, 0.717) is 23.0 Å². The minimum atomic E-state index is 0.400. The zero-order valence-corrected chi connectivity index (χ0v) is 15.6. The van der Waals surface area contributed by atoms with E-state index in [1.54, 1.807) is 6.08 Å². The number of nitrogens with zero attached hydrogens (tertiary/aromatic N) is 2. The summed E-state index contributed by atoms with van der Waals surface area (Å²) in [5.74, 6) is 1.29. The molecule has 0 bridgehead atoms. The largest absolute Gasteiger partial charge is 0.489 e. The molecular weight excluding hydrogens is 370 g/mol. The number of hydrogen-bond acceptors (Lipinski definition) is 3. The van der Waals surface area contributed by atoms with Gasteiger partial charge in [0.25, 0.3) is 0 Å². The number of aromatic amines is 1. The van der Waals surface area contributed by atoms with Crippen LogP contribution in [0, 0.1) is 11.3 Å². The lowest BCUT2D eigenvalue weighted by Gasteiger charge is -2.08. The Morgan fingerprint density at radius 1 is 1.04 bits per heavy atom. The standard InChI is InChI=1S/C23H16ClN3O/c24-20-6-2-1-5-17(20)15-28-19-11-9-16(10-12-19)13-18(14-25)23-26-21-7-3-4-8-22(21)27-23/h1-13H,15H2,(H,26,27). The molecular formula is C23H16ClN3O. The van der Waals surface area contributed by atoms with E-state index in [4.69, 9.17) is 16.3 Å². The predicted octanol–water partition coefficient (Wildman–Crippen LogP) is 5.86. The second kappa shape index (κ2) is 7.99. The number of hydrogen-bond donors (Lipinski definition) is 1. The smallest absolute Gasteiger partial charge is 0.149 e. The minimum Gasteiger partial charge on any atom is -0.489 e. The van der Waals surface area contributed by atoms with Crippen molar-refractivity contribution in [3.8, 4) is 11.8 Å². The molecule has 5 heteroatoms. The Kier molecular flexibility index (Phi) is 5.09. The van der Waals surface area contributed by atoms with Crippen LogP contribution < -0.4 is 4.74 Å². The van der Waals surface area contributed by atoms with E-state index >= 15 is 0 Å². The van der Waals surface area contributed by atoms with Crippen molar-refractivity contribution < 1.29 is 4.74 Å². The second-order valence-corrected chi connectivity index (χ2v) is 6.63. The van der Waals surface area contributed by atoms with Gasteiger partial charge in [0, 0.05) is 10.6 Å². The van der Waals surface area contributed by atoms with Crippen molar-refractivity contribution in [1.29, 1.82) is 5.26 Å². The molecule has 0 atom stereocenters. The van der Waals surface area contributed by atoms with Crippen molar-refractivity contribution in [3.05, 3.63) is 94.8 Å². The van der Waals surface area contributed by atoms with Crippen molar-refractivity contribution in [3.63, 3.8) is 0 Å². The zero-order chi connectivity index (χ0) is 19.3. The van der Waals surface area contributed by atoms with Gasteiger partial charge in [0.05, 0.1) is 16.6 Å². The maximum atomic E-state index is 9.54. The van der Waals surface area contributed by atoms with Gasteiger partial charge in [-0.2, -0.15) is 5.26 Å². The Labute approximate surface area is 167 Å². The topological polar surface area (TPSA) is 61.7 Å². The third-order valence-electron chi connectivity index (χ3n) is 4.31. The van der Waals surface area contributed by atoms with Gasteiger partial charge in [0.2, 0.25) is 0 Å². The van der Waals surface area contributed by atoms with Gasteiger partial charge in [-0.3, -0.25) is 0 Å². The summed E-state index contributed by atoms with van der Waals surface area (Å²) in [6.07, 6.45) is 1.80. The summed E-state index contributed by atoms with van der Waals surface area (Å²) in [6, 6.07) is 25.1. The number of halogens is 1. The molecule has 0 amide bonds. The molecule has 0 radical (unpaired) electrons. The molecule has 0 fully saturated rings. The molecule has 0 aliphatic heterocycles. The van der Waals surface area contributed by atoms with Crippen LogP contribution in [-0.4, -0.2) is 9.97 Å². The molecule has 4 aromatic rings. The van der Waals surface area contributed by atoms with Crippen LogP contribution in [0.25, 0.3) is 22.7 Å². The quantitative estimate of drug-likeness (QED) is 0.437. The molecule has 0 aliphatic rings. The van der Waals surface area contributed by atoms with Crippen LogP contribution in [0.15, 0.2) is 72.8 Å². The Morgan fingerprint density at radius 3 is 2.54 bits per heavy atom. The summed E-state index contributed by atoms with van der Waals surface area (Å²) in [5.41, 5.74) is 4.04. The van der Waals surface area contributed by atoms with Gasteiger partial charge in [-0.05, 0) is 42.0 Å².